The van der Waals surface area contributed by atoms with Crippen LogP contribution in [0.5, 0.6) is 5.75 Å². The molecule has 2 aliphatic carbocycles. The van der Waals surface area contributed by atoms with Crippen LogP contribution in [0, 0.1) is 0 Å². The van der Waals surface area contributed by atoms with E-state index in [1.165, 1.54) is 5.56 Å². The van der Waals surface area contributed by atoms with E-state index in [4.69, 9.17) is 9.15 Å². The van der Waals surface area contributed by atoms with Crippen molar-refractivity contribution in [1.82, 2.24) is 10.6 Å². The van der Waals surface area contributed by atoms with Gasteiger partial charge in [-0.3, -0.25) is 9.59 Å². The Hall–Kier alpha value is -3.26. The molecule has 2 N–H and O–H groups in total. The smallest absolute Gasteiger partial charge is 0.339 e. The van der Waals surface area contributed by atoms with E-state index >= 15 is 0 Å². The Balaban J connectivity index is 1.20. The molecule has 2 amide bonds. The summed E-state index contributed by atoms with van der Waals surface area (Å²) in [7, 11) is 0. The van der Waals surface area contributed by atoms with Gasteiger partial charge < -0.3 is 19.8 Å². The van der Waals surface area contributed by atoms with E-state index in [0.29, 0.717) is 17.1 Å². The van der Waals surface area contributed by atoms with Crippen molar-refractivity contribution in [2.45, 2.75) is 56.4 Å². The molecule has 1 atom stereocenters. The highest BCUT2D eigenvalue weighted by atomic mass is 32.2. The number of hydrogen-bond acceptors (Lipinski definition) is 6. The molecular formula is C28H30N2O5S. The molecule has 1 fully saturated rings. The number of thioether (sulfide) groups is 1. The van der Waals surface area contributed by atoms with Gasteiger partial charge in [-0.1, -0.05) is 30.3 Å². The highest BCUT2D eigenvalue weighted by Gasteiger charge is 2.28. The van der Waals surface area contributed by atoms with E-state index in [-0.39, 0.29) is 30.1 Å². The minimum atomic E-state index is -0.642. The van der Waals surface area contributed by atoms with Gasteiger partial charge in [0.2, 0.25) is 5.91 Å². The van der Waals surface area contributed by atoms with Crippen molar-refractivity contribution >= 4 is 34.5 Å². The minimum absolute atomic E-state index is 0.163. The van der Waals surface area contributed by atoms with Gasteiger partial charge in [-0.05, 0) is 61.8 Å². The molecule has 1 heterocycles. The van der Waals surface area contributed by atoms with Gasteiger partial charge in [0.25, 0.3) is 5.91 Å². The number of aryl methyl sites for hydroxylation is 1. The highest BCUT2D eigenvalue weighted by Crippen LogP contribution is 2.29. The lowest BCUT2D eigenvalue weighted by molar-refractivity contribution is -0.129. The minimum Gasteiger partial charge on any atom is -0.484 e. The molecule has 0 aliphatic heterocycles. The van der Waals surface area contributed by atoms with E-state index in [0.717, 1.165) is 60.8 Å². The van der Waals surface area contributed by atoms with E-state index < -0.39 is 6.04 Å². The Morgan fingerprint density at radius 1 is 1.06 bits per heavy atom. The predicted octanol–water partition coefficient (Wildman–Crippen LogP) is 3.75. The normalized spacial score (nSPS) is 15.7. The molecular weight excluding hydrogens is 476 g/mol. The van der Waals surface area contributed by atoms with Gasteiger partial charge in [-0.25, -0.2) is 4.79 Å². The zero-order valence-corrected chi connectivity index (χ0v) is 20.9. The molecule has 0 unspecified atom stereocenters. The number of nitrogens with one attached hydrogen (secondary N) is 2. The third kappa shape index (κ3) is 6.10. The first-order valence-corrected chi connectivity index (χ1v) is 13.6. The molecule has 36 heavy (non-hydrogen) atoms. The average Bonchev–Trinajstić information content (AvgIpc) is 3.71. The zero-order valence-electron chi connectivity index (χ0n) is 20.1. The van der Waals surface area contributed by atoms with Gasteiger partial charge in [0, 0.05) is 34.6 Å². The first-order chi connectivity index (χ1) is 17.6. The lowest BCUT2D eigenvalue weighted by atomic mass is 9.91. The first-order valence-electron chi connectivity index (χ1n) is 12.5. The Morgan fingerprint density at radius 3 is 2.61 bits per heavy atom. The maximum atomic E-state index is 12.7. The number of ether oxygens (including phenoxy) is 1. The Kier molecular flexibility index (Phi) is 7.60. The highest BCUT2D eigenvalue weighted by molar-refractivity contribution is 7.98. The Labute approximate surface area is 214 Å². The molecule has 8 heteroatoms. The molecule has 3 aromatic rings. The summed E-state index contributed by atoms with van der Waals surface area (Å²) in [4.78, 5) is 37.8. The predicted molar refractivity (Wildman–Crippen MR) is 140 cm³/mol. The molecule has 1 saturated carbocycles. The SMILES string of the molecule is O=C(COc1ccc2c3c(c(=O)oc2c1)CCCC3)N[C@@H](CSCc1ccccc1)C(=O)NC1CC1. The van der Waals surface area contributed by atoms with Crippen molar-refractivity contribution in [3.8, 4) is 5.75 Å². The summed E-state index contributed by atoms with van der Waals surface area (Å²) in [5.41, 5.74) is 3.20. The summed E-state index contributed by atoms with van der Waals surface area (Å²) in [6.45, 7) is -0.239. The number of benzene rings is 2. The number of carbonyl (C=O) groups is 2. The topological polar surface area (TPSA) is 97.6 Å². The largest absolute Gasteiger partial charge is 0.484 e. The summed E-state index contributed by atoms with van der Waals surface area (Å²) in [5, 5.41) is 6.73. The first kappa shape index (κ1) is 24.4. The second-order valence-corrected chi connectivity index (χ2v) is 10.4. The van der Waals surface area contributed by atoms with Crippen molar-refractivity contribution in [3.63, 3.8) is 0 Å². The summed E-state index contributed by atoms with van der Waals surface area (Å²) in [6.07, 6.45) is 5.65. The van der Waals surface area contributed by atoms with E-state index in [1.807, 2.05) is 36.4 Å². The van der Waals surface area contributed by atoms with Gasteiger partial charge in [0.1, 0.15) is 17.4 Å². The monoisotopic (exact) mass is 506 g/mol. The molecule has 0 saturated heterocycles. The zero-order chi connectivity index (χ0) is 24.9. The van der Waals surface area contributed by atoms with Crippen LogP contribution in [0.2, 0.25) is 0 Å². The molecule has 0 spiro atoms. The fourth-order valence-corrected chi connectivity index (χ4v) is 5.50. The second-order valence-electron chi connectivity index (χ2n) is 9.40. The number of carbonyl (C=O) groups excluding carboxylic acids is 2. The lowest BCUT2D eigenvalue weighted by Gasteiger charge is -2.19. The van der Waals surface area contributed by atoms with Crippen LogP contribution in [-0.2, 0) is 28.2 Å². The second kappa shape index (κ2) is 11.2. The van der Waals surface area contributed by atoms with E-state index in [1.54, 1.807) is 23.9 Å². The number of fused-ring (bicyclic) bond motifs is 3. The van der Waals surface area contributed by atoms with Crippen LogP contribution in [0.25, 0.3) is 11.0 Å². The van der Waals surface area contributed by atoms with Gasteiger partial charge >= 0.3 is 5.63 Å². The van der Waals surface area contributed by atoms with Gasteiger partial charge in [-0.15, -0.1) is 0 Å². The molecule has 5 rings (SSSR count). The molecule has 0 bridgehead atoms. The Morgan fingerprint density at radius 2 is 1.83 bits per heavy atom. The van der Waals surface area contributed by atoms with Crippen molar-refractivity contribution in [2.75, 3.05) is 12.4 Å². The number of amides is 2. The number of hydrogen-bond donors (Lipinski definition) is 2. The van der Waals surface area contributed by atoms with Gasteiger partial charge in [0.05, 0.1) is 0 Å². The number of rotatable bonds is 10. The van der Waals surface area contributed by atoms with Crippen LogP contribution in [0.15, 0.2) is 57.7 Å². The summed E-state index contributed by atoms with van der Waals surface area (Å²) in [6, 6.07) is 14.9. The van der Waals surface area contributed by atoms with Crippen molar-refractivity contribution < 1.29 is 18.7 Å². The molecule has 2 aromatic carbocycles. The van der Waals surface area contributed by atoms with Crippen LogP contribution in [0.4, 0.5) is 0 Å². The quantitative estimate of drug-likeness (QED) is 0.407. The summed E-state index contributed by atoms with van der Waals surface area (Å²) >= 11 is 1.60. The summed E-state index contributed by atoms with van der Waals surface area (Å²) in [5.74, 6) is 1.12. The fraction of sp³-hybridized carbons (Fsp3) is 0.393. The van der Waals surface area contributed by atoms with Crippen molar-refractivity contribution in [1.29, 1.82) is 0 Å². The third-order valence-corrected chi connectivity index (χ3v) is 7.64. The average molecular weight is 507 g/mol. The van der Waals surface area contributed by atoms with Crippen LogP contribution in [0.3, 0.4) is 0 Å². The molecule has 0 radical (unpaired) electrons. The molecule has 1 aromatic heterocycles. The maximum absolute atomic E-state index is 12.7. The lowest BCUT2D eigenvalue weighted by Crippen LogP contribution is -2.50. The third-order valence-electron chi connectivity index (χ3n) is 6.54. The van der Waals surface area contributed by atoms with Crippen LogP contribution in [-0.4, -0.2) is 36.3 Å². The molecule has 7 nitrogen and oxygen atoms in total. The summed E-state index contributed by atoms with van der Waals surface area (Å²) < 4.78 is 11.2. The van der Waals surface area contributed by atoms with E-state index in [2.05, 4.69) is 10.6 Å². The van der Waals surface area contributed by atoms with Crippen LogP contribution in [0.1, 0.15) is 42.4 Å². The van der Waals surface area contributed by atoms with E-state index in [9.17, 15) is 14.4 Å². The molecule has 2 aliphatic rings. The van der Waals surface area contributed by atoms with Crippen molar-refractivity contribution in [3.05, 3.63) is 75.6 Å². The van der Waals surface area contributed by atoms with Crippen LogP contribution < -0.4 is 21.0 Å². The molecule has 188 valence electrons. The Bertz CT molecular complexity index is 1300. The van der Waals surface area contributed by atoms with Crippen LogP contribution >= 0.6 is 11.8 Å². The van der Waals surface area contributed by atoms with Gasteiger partial charge in [0.15, 0.2) is 6.61 Å². The van der Waals surface area contributed by atoms with Crippen molar-refractivity contribution in [2.24, 2.45) is 0 Å². The maximum Gasteiger partial charge on any atom is 0.339 e. The van der Waals surface area contributed by atoms with Gasteiger partial charge in [-0.2, -0.15) is 11.8 Å². The fourth-order valence-electron chi connectivity index (χ4n) is 4.48. The standard InChI is InChI=1S/C28H30N2O5S/c31-26(30-24(27(32)29-19-10-11-19)17-36-16-18-6-2-1-3-7-18)15-34-20-12-13-22-21-8-4-5-9-23(21)28(33)35-25(22)14-20/h1-3,6-7,12-14,19,24H,4-5,8-11,15-17H2,(H,29,32)(H,30,31)/t24-/m0/s1.